The maximum atomic E-state index is 5.48. The molecule has 0 aliphatic heterocycles. The molecule has 0 aliphatic carbocycles. The van der Waals surface area contributed by atoms with Crippen molar-refractivity contribution in [2.24, 2.45) is 4.99 Å². The van der Waals surface area contributed by atoms with Crippen LogP contribution in [0.5, 0.6) is 0 Å². The zero-order chi connectivity index (χ0) is 13.5. The standard InChI is InChI=1S/C13H29N3O2/c1-4-6-10-18-11-7-8-15-13(14-3)16-9-12-17-5-2/h4-12H2,1-3H3,(H2,14,15,16). The lowest BCUT2D eigenvalue weighted by atomic mass is 10.4. The van der Waals surface area contributed by atoms with Crippen molar-refractivity contribution in [3.8, 4) is 0 Å². The molecular formula is C13H29N3O2. The molecule has 0 aromatic heterocycles. The van der Waals surface area contributed by atoms with Crippen molar-refractivity contribution in [3.63, 3.8) is 0 Å². The molecule has 0 saturated carbocycles. The second kappa shape index (κ2) is 14.3. The Kier molecular flexibility index (Phi) is 13.6. The highest BCUT2D eigenvalue weighted by molar-refractivity contribution is 5.79. The van der Waals surface area contributed by atoms with E-state index < -0.39 is 0 Å². The minimum absolute atomic E-state index is 0.706. The lowest BCUT2D eigenvalue weighted by Crippen LogP contribution is -2.39. The molecule has 0 unspecified atom stereocenters. The number of aliphatic imine (C=N–C) groups is 1. The molecule has 0 saturated heterocycles. The second-order valence-electron chi connectivity index (χ2n) is 3.94. The monoisotopic (exact) mass is 259 g/mol. The SMILES string of the molecule is CCCCOCCCNC(=NC)NCCOCC. The van der Waals surface area contributed by atoms with E-state index in [0.29, 0.717) is 6.61 Å². The summed E-state index contributed by atoms with van der Waals surface area (Å²) < 4.78 is 10.7. The first-order chi connectivity index (χ1) is 8.85. The van der Waals surface area contributed by atoms with Crippen LogP contribution in [0.1, 0.15) is 33.1 Å². The summed E-state index contributed by atoms with van der Waals surface area (Å²) in [6, 6.07) is 0. The molecule has 0 rings (SSSR count). The van der Waals surface area contributed by atoms with Crippen molar-refractivity contribution in [3.05, 3.63) is 0 Å². The first-order valence-electron chi connectivity index (χ1n) is 6.95. The summed E-state index contributed by atoms with van der Waals surface area (Å²) in [7, 11) is 1.77. The van der Waals surface area contributed by atoms with Crippen LogP contribution in [0.3, 0.4) is 0 Å². The number of unbranched alkanes of at least 4 members (excludes halogenated alkanes) is 1. The van der Waals surface area contributed by atoms with Crippen LogP contribution < -0.4 is 10.6 Å². The van der Waals surface area contributed by atoms with Gasteiger partial charge in [0.15, 0.2) is 5.96 Å². The molecule has 2 N–H and O–H groups in total. The van der Waals surface area contributed by atoms with Crippen molar-refractivity contribution in [1.29, 1.82) is 0 Å². The minimum Gasteiger partial charge on any atom is -0.381 e. The molecule has 18 heavy (non-hydrogen) atoms. The molecule has 0 heterocycles. The van der Waals surface area contributed by atoms with Crippen LogP contribution in [0.25, 0.3) is 0 Å². The summed E-state index contributed by atoms with van der Waals surface area (Å²) in [6.07, 6.45) is 3.33. The van der Waals surface area contributed by atoms with Crippen molar-refractivity contribution in [2.45, 2.75) is 33.1 Å². The van der Waals surface area contributed by atoms with E-state index in [4.69, 9.17) is 9.47 Å². The quantitative estimate of drug-likeness (QED) is 0.334. The van der Waals surface area contributed by atoms with Gasteiger partial charge < -0.3 is 20.1 Å². The predicted molar refractivity (Wildman–Crippen MR) is 76.2 cm³/mol. The number of nitrogens with one attached hydrogen (secondary N) is 2. The van der Waals surface area contributed by atoms with Gasteiger partial charge in [0.25, 0.3) is 0 Å². The van der Waals surface area contributed by atoms with Crippen molar-refractivity contribution in [1.82, 2.24) is 10.6 Å². The number of nitrogens with zero attached hydrogens (tertiary/aromatic N) is 1. The molecule has 0 fully saturated rings. The minimum atomic E-state index is 0.706. The highest BCUT2D eigenvalue weighted by Gasteiger charge is 1.96. The van der Waals surface area contributed by atoms with Crippen LogP contribution in [0.2, 0.25) is 0 Å². The van der Waals surface area contributed by atoms with E-state index in [-0.39, 0.29) is 0 Å². The highest BCUT2D eigenvalue weighted by Crippen LogP contribution is 1.89. The molecule has 0 spiro atoms. The Balaban J connectivity index is 3.34. The van der Waals surface area contributed by atoms with Crippen LogP contribution in [0, 0.1) is 0 Å². The summed E-state index contributed by atoms with van der Waals surface area (Å²) in [5, 5.41) is 6.43. The number of ether oxygens (including phenoxy) is 2. The van der Waals surface area contributed by atoms with Gasteiger partial charge in [-0.05, 0) is 19.8 Å². The maximum Gasteiger partial charge on any atom is 0.191 e. The largest absolute Gasteiger partial charge is 0.381 e. The Morgan fingerprint density at radius 1 is 0.944 bits per heavy atom. The van der Waals surface area contributed by atoms with Gasteiger partial charge in [-0.15, -0.1) is 0 Å². The van der Waals surface area contributed by atoms with Gasteiger partial charge in [-0.1, -0.05) is 13.3 Å². The summed E-state index contributed by atoms with van der Waals surface area (Å²) in [6.45, 7) is 8.95. The Morgan fingerprint density at radius 2 is 1.67 bits per heavy atom. The number of guanidine groups is 1. The van der Waals surface area contributed by atoms with E-state index in [1.807, 2.05) is 6.92 Å². The average molecular weight is 259 g/mol. The van der Waals surface area contributed by atoms with Crippen LogP contribution in [-0.4, -0.2) is 52.5 Å². The summed E-state index contributed by atoms with van der Waals surface area (Å²) in [5.74, 6) is 0.822. The van der Waals surface area contributed by atoms with E-state index in [1.165, 1.54) is 6.42 Å². The molecule has 0 amide bonds. The Hall–Kier alpha value is -0.810. The van der Waals surface area contributed by atoms with Crippen molar-refractivity contribution < 1.29 is 9.47 Å². The number of rotatable bonds is 11. The van der Waals surface area contributed by atoms with Gasteiger partial charge >= 0.3 is 0 Å². The molecule has 0 aromatic carbocycles. The maximum absolute atomic E-state index is 5.48. The third-order valence-electron chi connectivity index (χ3n) is 2.37. The van der Waals surface area contributed by atoms with E-state index in [9.17, 15) is 0 Å². The van der Waals surface area contributed by atoms with E-state index >= 15 is 0 Å². The summed E-state index contributed by atoms with van der Waals surface area (Å²) in [5.41, 5.74) is 0. The van der Waals surface area contributed by atoms with Crippen LogP contribution >= 0.6 is 0 Å². The molecule has 0 aliphatic rings. The zero-order valence-corrected chi connectivity index (χ0v) is 12.1. The molecule has 0 bridgehead atoms. The molecule has 108 valence electrons. The predicted octanol–water partition coefficient (Wildman–Crippen LogP) is 1.39. The normalized spacial score (nSPS) is 11.6. The zero-order valence-electron chi connectivity index (χ0n) is 12.1. The Labute approximate surface area is 111 Å². The fourth-order valence-electron chi connectivity index (χ4n) is 1.34. The lowest BCUT2D eigenvalue weighted by Gasteiger charge is -2.11. The number of hydrogen-bond donors (Lipinski definition) is 2. The molecular weight excluding hydrogens is 230 g/mol. The number of hydrogen-bond acceptors (Lipinski definition) is 3. The Morgan fingerprint density at radius 3 is 2.33 bits per heavy atom. The molecule has 5 heteroatoms. The average Bonchev–Trinajstić information content (AvgIpc) is 2.40. The first kappa shape index (κ1) is 17.2. The first-order valence-corrected chi connectivity index (χ1v) is 6.95. The molecule has 0 atom stereocenters. The molecule has 5 nitrogen and oxygen atoms in total. The van der Waals surface area contributed by atoms with Gasteiger partial charge in [-0.2, -0.15) is 0 Å². The third-order valence-corrected chi connectivity index (χ3v) is 2.37. The van der Waals surface area contributed by atoms with Gasteiger partial charge in [0.2, 0.25) is 0 Å². The Bertz CT molecular complexity index is 199. The van der Waals surface area contributed by atoms with E-state index in [1.54, 1.807) is 7.05 Å². The molecule has 0 aromatic rings. The van der Waals surface area contributed by atoms with Gasteiger partial charge in [0.05, 0.1) is 6.61 Å². The second-order valence-corrected chi connectivity index (χ2v) is 3.94. The van der Waals surface area contributed by atoms with Gasteiger partial charge in [0, 0.05) is 40.0 Å². The van der Waals surface area contributed by atoms with Crippen LogP contribution in [0.4, 0.5) is 0 Å². The highest BCUT2D eigenvalue weighted by atomic mass is 16.5. The van der Waals surface area contributed by atoms with Crippen molar-refractivity contribution >= 4 is 5.96 Å². The van der Waals surface area contributed by atoms with Crippen LogP contribution in [-0.2, 0) is 9.47 Å². The van der Waals surface area contributed by atoms with Gasteiger partial charge in [-0.3, -0.25) is 4.99 Å². The summed E-state index contributed by atoms with van der Waals surface area (Å²) >= 11 is 0. The third kappa shape index (κ3) is 11.7. The smallest absolute Gasteiger partial charge is 0.191 e. The van der Waals surface area contributed by atoms with Crippen LogP contribution in [0.15, 0.2) is 4.99 Å². The fraction of sp³-hybridized carbons (Fsp3) is 0.923. The van der Waals surface area contributed by atoms with Crippen molar-refractivity contribution in [2.75, 3.05) is 46.6 Å². The van der Waals surface area contributed by atoms with E-state index in [0.717, 1.165) is 51.7 Å². The lowest BCUT2D eigenvalue weighted by molar-refractivity contribution is 0.129. The van der Waals surface area contributed by atoms with Gasteiger partial charge in [0.1, 0.15) is 0 Å². The fourth-order valence-corrected chi connectivity index (χ4v) is 1.34. The van der Waals surface area contributed by atoms with Gasteiger partial charge in [-0.25, -0.2) is 0 Å². The van der Waals surface area contributed by atoms with E-state index in [2.05, 4.69) is 22.5 Å². The summed E-state index contributed by atoms with van der Waals surface area (Å²) in [4.78, 5) is 4.13. The topological polar surface area (TPSA) is 54.9 Å². The molecule has 0 radical (unpaired) electrons.